The summed E-state index contributed by atoms with van der Waals surface area (Å²) in [5.74, 6) is 4.89. The van der Waals surface area contributed by atoms with Crippen LogP contribution in [-0.2, 0) is 23.7 Å². The first-order chi connectivity index (χ1) is 15.5. The van der Waals surface area contributed by atoms with E-state index in [0.29, 0.717) is 26.2 Å². The van der Waals surface area contributed by atoms with E-state index in [1.807, 2.05) is 23.5 Å². The molecule has 0 atom stereocenters. The maximum absolute atomic E-state index is 11.6. The van der Waals surface area contributed by atoms with Gasteiger partial charge in [-0.1, -0.05) is 48.1 Å². The van der Waals surface area contributed by atoms with Crippen LogP contribution in [0.4, 0.5) is 0 Å². The van der Waals surface area contributed by atoms with Gasteiger partial charge in [0, 0.05) is 24.3 Å². The third-order valence-corrected chi connectivity index (χ3v) is 6.22. The van der Waals surface area contributed by atoms with Crippen LogP contribution in [0.15, 0.2) is 12.3 Å². The highest BCUT2D eigenvalue weighted by Crippen LogP contribution is 2.17. The fraction of sp³-hybridized carbons (Fsp3) is 0.885. The lowest BCUT2D eigenvalue weighted by atomic mass is 9.99. The summed E-state index contributed by atoms with van der Waals surface area (Å²) in [4.78, 5) is 11.6. The number of hydrogen-bond donors (Lipinski definition) is 0. The van der Waals surface area contributed by atoms with Crippen molar-refractivity contribution in [3.63, 3.8) is 0 Å². The largest absolute Gasteiger partial charge is 0.498 e. The van der Waals surface area contributed by atoms with Gasteiger partial charge in [0.15, 0.2) is 0 Å². The second-order valence-corrected chi connectivity index (χ2v) is 13.1. The summed E-state index contributed by atoms with van der Waals surface area (Å²) < 4.78 is 22.2. The molecule has 5 nitrogen and oxygen atoms in total. The minimum absolute atomic E-state index is 0.0300. The molecule has 196 valence electrons. The number of ether oxygens (including phenoxy) is 4. The van der Waals surface area contributed by atoms with Gasteiger partial charge in [-0.15, -0.1) is 0 Å². The molecule has 0 amide bonds. The quantitative estimate of drug-likeness (QED) is 0.0987. The van der Waals surface area contributed by atoms with Crippen molar-refractivity contribution < 1.29 is 23.7 Å². The summed E-state index contributed by atoms with van der Waals surface area (Å²) >= 11 is 3.75. The molecule has 0 aromatic rings. The van der Waals surface area contributed by atoms with Crippen LogP contribution in [0.25, 0.3) is 0 Å². The molecule has 0 spiro atoms. The predicted molar refractivity (Wildman–Crippen MR) is 144 cm³/mol. The Balaban J connectivity index is 3.24. The Hall–Kier alpha value is -0.370. The van der Waals surface area contributed by atoms with Gasteiger partial charge < -0.3 is 18.9 Å². The number of carbonyl (C=O) groups excluding carboxylic acids is 1. The Morgan fingerprint density at radius 2 is 1.18 bits per heavy atom. The Morgan fingerprint density at radius 3 is 1.73 bits per heavy atom. The molecule has 33 heavy (non-hydrogen) atoms. The molecule has 0 bridgehead atoms. The number of esters is 1. The molecule has 0 unspecified atom stereocenters. The van der Waals surface area contributed by atoms with Crippen LogP contribution in [0.5, 0.6) is 0 Å². The van der Waals surface area contributed by atoms with E-state index in [1.165, 1.54) is 6.42 Å². The second-order valence-electron chi connectivity index (χ2n) is 10.6. The predicted octanol–water partition coefficient (Wildman–Crippen LogP) is 6.60. The van der Waals surface area contributed by atoms with Gasteiger partial charge in [-0.3, -0.25) is 4.79 Å². The molecule has 0 aliphatic heterocycles. The van der Waals surface area contributed by atoms with Crippen LogP contribution in [-0.4, -0.2) is 68.6 Å². The maximum atomic E-state index is 11.6. The number of rotatable bonds is 21. The first-order valence-corrected chi connectivity index (χ1v) is 14.6. The van der Waals surface area contributed by atoms with Crippen molar-refractivity contribution in [3.05, 3.63) is 12.3 Å². The van der Waals surface area contributed by atoms with Crippen LogP contribution in [0.3, 0.4) is 0 Å². The van der Waals surface area contributed by atoms with E-state index in [0.717, 1.165) is 67.9 Å². The van der Waals surface area contributed by atoms with E-state index >= 15 is 0 Å². The zero-order valence-corrected chi connectivity index (χ0v) is 23.8. The molecule has 7 heteroatoms. The Morgan fingerprint density at radius 1 is 0.667 bits per heavy atom. The highest BCUT2D eigenvalue weighted by Gasteiger charge is 2.13. The molecule has 0 N–H and O–H groups in total. The number of unbranched alkanes of at least 4 members (excludes halogenated alkanes) is 1. The van der Waals surface area contributed by atoms with E-state index in [4.69, 9.17) is 18.9 Å². The van der Waals surface area contributed by atoms with Gasteiger partial charge in [-0.05, 0) is 41.6 Å². The van der Waals surface area contributed by atoms with E-state index in [1.54, 1.807) is 0 Å². The summed E-state index contributed by atoms with van der Waals surface area (Å²) in [5, 5.41) is 0. The van der Waals surface area contributed by atoms with Gasteiger partial charge in [-0.25, -0.2) is 0 Å². The van der Waals surface area contributed by atoms with Crippen molar-refractivity contribution in [2.24, 2.45) is 10.8 Å². The summed E-state index contributed by atoms with van der Waals surface area (Å²) in [7, 11) is 0. The molecule has 0 aliphatic rings. The third kappa shape index (κ3) is 27.8. The lowest BCUT2D eigenvalue weighted by Crippen LogP contribution is -2.18. The van der Waals surface area contributed by atoms with Gasteiger partial charge in [0.25, 0.3) is 0 Å². The number of allylic oxidation sites excluding steroid dienone is 1. The molecular weight excluding hydrogens is 456 g/mol. The van der Waals surface area contributed by atoms with Crippen molar-refractivity contribution in [1.29, 1.82) is 0 Å². The maximum Gasteiger partial charge on any atom is 0.305 e. The van der Waals surface area contributed by atoms with E-state index in [9.17, 15) is 4.79 Å². The average Bonchev–Trinajstić information content (AvgIpc) is 2.72. The number of carbonyl (C=O) groups is 1. The van der Waals surface area contributed by atoms with Crippen LogP contribution in [0.1, 0.15) is 73.6 Å². The van der Waals surface area contributed by atoms with E-state index in [-0.39, 0.29) is 16.8 Å². The first-order valence-electron chi connectivity index (χ1n) is 12.3. The Kier molecular flexibility index (Phi) is 19.7. The van der Waals surface area contributed by atoms with Crippen LogP contribution < -0.4 is 0 Å². The Labute approximate surface area is 212 Å². The zero-order valence-electron chi connectivity index (χ0n) is 22.2. The van der Waals surface area contributed by atoms with E-state index in [2.05, 4.69) is 48.1 Å². The lowest BCUT2D eigenvalue weighted by molar-refractivity contribution is -0.146. The number of hydrogen-bond acceptors (Lipinski definition) is 7. The monoisotopic (exact) mass is 506 g/mol. The van der Waals surface area contributed by atoms with Gasteiger partial charge in [0.05, 0.1) is 45.4 Å². The highest BCUT2D eigenvalue weighted by atomic mass is 32.2. The van der Waals surface area contributed by atoms with Crippen LogP contribution in [0.2, 0.25) is 0 Å². The van der Waals surface area contributed by atoms with Crippen molar-refractivity contribution in [2.45, 2.75) is 73.6 Å². The molecule has 0 saturated heterocycles. The van der Waals surface area contributed by atoms with Crippen LogP contribution >= 0.6 is 23.5 Å². The van der Waals surface area contributed by atoms with Gasteiger partial charge in [0.1, 0.15) is 0 Å². The Bertz CT molecular complexity index is 454. The fourth-order valence-electron chi connectivity index (χ4n) is 2.37. The topological polar surface area (TPSA) is 54.0 Å². The molecule has 0 fully saturated rings. The van der Waals surface area contributed by atoms with Gasteiger partial charge in [0.2, 0.25) is 0 Å². The van der Waals surface area contributed by atoms with E-state index < -0.39 is 0 Å². The lowest BCUT2D eigenvalue weighted by Gasteiger charge is -2.19. The minimum atomic E-state index is -0.0933. The van der Waals surface area contributed by atoms with Gasteiger partial charge in [-0.2, -0.15) is 23.5 Å². The van der Waals surface area contributed by atoms with Crippen LogP contribution in [0, 0.1) is 10.8 Å². The summed E-state index contributed by atoms with van der Waals surface area (Å²) in [6.45, 7) is 20.7. The van der Waals surface area contributed by atoms with Crippen molar-refractivity contribution in [2.75, 3.05) is 62.7 Å². The molecule has 0 rings (SSSR count). The minimum Gasteiger partial charge on any atom is -0.498 e. The normalized spacial score (nSPS) is 12.1. The zero-order chi connectivity index (χ0) is 25.0. The molecule has 0 aromatic heterocycles. The third-order valence-electron chi connectivity index (χ3n) is 4.16. The molecule has 0 aliphatic carbocycles. The van der Waals surface area contributed by atoms with Crippen molar-refractivity contribution in [3.8, 4) is 0 Å². The molecule has 0 saturated carbocycles. The molecule has 0 aromatic carbocycles. The van der Waals surface area contributed by atoms with Gasteiger partial charge >= 0.3 is 5.97 Å². The summed E-state index contributed by atoms with van der Waals surface area (Å²) in [6.07, 6.45) is 4.61. The fourth-order valence-corrected chi connectivity index (χ4v) is 4.00. The summed E-state index contributed by atoms with van der Waals surface area (Å²) in [6, 6.07) is 0. The molecule has 0 radical (unpaired) electrons. The average molecular weight is 507 g/mol. The number of thioether (sulfide) groups is 2. The summed E-state index contributed by atoms with van der Waals surface area (Å²) in [5.41, 5.74) is 0.218. The van der Waals surface area contributed by atoms with Crippen molar-refractivity contribution in [1.82, 2.24) is 0 Å². The SMILES string of the molecule is C=C(CCCCSCCOCCOCCSCCCC(=O)OCC(C)(C)C)OCC(C)(C)C. The molecular formula is C26H50O5S2. The first kappa shape index (κ1) is 32.6. The smallest absolute Gasteiger partial charge is 0.305 e. The van der Waals surface area contributed by atoms with Crippen molar-refractivity contribution >= 4 is 29.5 Å². The standard InChI is InChI=1S/C26H50O5S2/c1-23(30-21-25(2,3)4)11-8-9-17-32-19-15-28-13-14-29-16-20-33-18-10-12-24(27)31-22-26(5,6)7/h1,8-22H2,2-7H3. The highest BCUT2D eigenvalue weighted by molar-refractivity contribution is 7.99. The molecule has 0 heterocycles. The second kappa shape index (κ2) is 19.9.